The molecule has 0 radical (unpaired) electrons. The molecule has 0 aliphatic rings. The molecular formula is C10H12N6S2. The summed E-state index contributed by atoms with van der Waals surface area (Å²) in [5, 5.41) is 17.3. The lowest BCUT2D eigenvalue weighted by Gasteiger charge is -1.95. The molecule has 0 aliphatic carbocycles. The molecular weight excluding hydrogens is 268 g/mol. The maximum atomic E-state index is 3.97. The summed E-state index contributed by atoms with van der Waals surface area (Å²) in [5.74, 6) is 7.60. The quantitative estimate of drug-likeness (QED) is 0.611. The van der Waals surface area contributed by atoms with Crippen LogP contribution in [0.3, 0.4) is 0 Å². The van der Waals surface area contributed by atoms with Gasteiger partial charge in [-0.15, -0.1) is 20.4 Å². The number of hydrogen-bond acceptors (Lipinski definition) is 6. The van der Waals surface area contributed by atoms with E-state index in [1.807, 2.05) is 23.2 Å². The molecule has 18 heavy (non-hydrogen) atoms. The van der Waals surface area contributed by atoms with Crippen molar-refractivity contribution in [1.29, 1.82) is 0 Å². The summed E-state index contributed by atoms with van der Waals surface area (Å²) >= 11 is 3.16. The van der Waals surface area contributed by atoms with Crippen molar-refractivity contribution in [2.24, 2.45) is 14.1 Å². The Morgan fingerprint density at radius 2 is 1.39 bits per heavy atom. The first-order valence-corrected chi connectivity index (χ1v) is 7.14. The van der Waals surface area contributed by atoms with Gasteiger partial charge in [-0.3, -0.25) is 0 Å². The lowest BCUT2D eigenvalue weighted by atomic mass is 10.7. The normalized spacial score (nSPS) is 10.1. The Balaban J connectivity index is 1.71. The van der Waals surface area contributed by atoms with E-state index in [9.17, 15) is 0 Å². The number of rotatable bonds is 4. The van der Waals surface area contributed by atoms with Gasteiger partial charge in [-0.2, -0.15) is 0 Å². The molecule has 0 spiro atoms. The van der Waals surface area contributed by atoms with Gasteiger partial charge < -0.3 is 9.13 Å². The highest BCUT2D eigenvalue weighted by Gasteiger charge is 1.99. The molecule has 6 nitrogen and oxygen atoms in total. The first-order valence-electron chi connectivity index (χ1n) is 5.16. The zero-order valence-corrected chi connectivity index (χ0v) is 11.7. The van der Waals surface area contributed by atoms with E-state index in [-0.39, 0.29) is 0 Å². The molecule has 0 N–H and O–H groups in total. The minimum absolute atomic E-state index is 0.714. The molecule has 0 bridgehead atoms. The van der Waals surface area contributed by atoms with E-state index < -0.39 is 0 Å². The van der Waals surface area contributed by atoms with Crippen LogP contribution in [0.1, 0.15) is 0 Å². The first kappa shape index (κ1) is 13.0. The number of nitrogens with zero attached hydrogens (tertiary/aromatic N) is 6. The zero-order chi connectivity index (χ0) is 12.8. The molecule has 2 aromatic heterocycles. The molecule has 0 aliphatic heterocycles. The van der Waals surface area contributed by atoms with Crippen LogP contribution < -0.4 is 0 Å². The van der Waals surface area contributed by atoms with Crippen molar-refractivity contribution in [2.75, 3.05) is 11.5 Å². The molecule has 2 rings (SSSR count). The van der Waals surface area contributed by atoms with Crippen LogP contribution >= 0.6 is 23.5 Å². The van der Waals surface area contributed by atoms with Gasteiger partial charge in [0.25, 0.3) is 0 Å². The standard InChI is InChI=1S/C10H12N6S2/c1-15-7-11-13-9(15)17-5-3-4-6-18-10-14-12-8-16(10)2/h7-8H,5-6H2,1-2H3. The Morgan fingerprint density at radius 3 is 1.72 bits per heavy atom. The Hall–Kier alpha value is -1.46. The summed E-state index contributed by atoms with van der Waals surface area (Å²) in [6.07, 6.45) is 3.36. The fourth-order valence-electron chi connectivity index (χ4n) is 1.11. The highest BCUT2D eigenvalue weighted by Crippen LogP contribution is 2.13. The van der Waals surface area contributed by atoms with Crippen LogP contribution in [0.2, 0.25) is 0 Å². The van der Waals surface area contributed by atoms with Crippen molar-refractivity contribution >= 4 is 23.5 Å². The third-order valence-electron chi connectivity index (χ3n) is 2.01. The van der Waals surface area contributed by atoms with Gasteiger partial charge in [0, 0.05) is 14.1 Å². The Morgan fingerprint density at radius 1 is 0.944 bits per heavy atom. The van der Waals surface area contributed by atoms with Crippen molar-refractivity contribution in [1.82, 2.24) is 29.5 Å². The van der Waals surface area contributed by atoms with Crippen molar-refractivity contribution < 1.29 is 0 Å². The Labute approximate surface area is 114 Å². The van der Waals surface area contributed by atoms with E-state index in [2.05, 4.69) is 32.2 Å². The van der Waals surface area contributed by atoms with Gasteiger partial charge >= 0.3 is 0 Å². The molecule has 0 saturated heterocycles. The minimum atomic E-state index is 0.714. The lowest BCUT2D eigenvalue weighted by Crippen LogP contribution is -1.90. The predicted octanol–water partition coefficient (Wildman–Crippen LogP) is 0.831. The smallest absolute Gasteiger partial charge is 0.191 e. The first-order chi connectivity index (χ1) is 8.77. The SMILES string of the molecule is Cn1cnnc1SCC#CCSc1nncn1C. The molecule has 0 aromatic carbocycles. The second-order valence-electron chi connectivity index (χ2n) is 3.38. The molecule has 94 valence electrons. The van der Waals surface area contributed by atoms with Crippen molar-refractivity contribution in [2.45, 2.75) is 10.3 Å². The van der Waals surface area contributed by atoms with Crippen LogP contribution in [-0.4, -0.2) is 41.0 Å². The molecule has 0 amide bonds. The number of aromatic nitrogens is 6. The van der Waals surface area contributed by atoms with E-state index in [4.69, 9.17) is 0 Å². The fraction of sp³-hybridized carbons (Fsp3) is 0.400. The summed E-state index contributed by atoms with van der Waals surface area (Å²) in [4.78, 5) is 0. The highest BCUT2D eigenvalue weighted by atomic mass is 32.2. The van der Waals surface area contributed by atoms with Crippen LogP contribution in [-0.2, 0) is 14.1 Å². The molecule has 2 heterocycles. The van der Waals surface area contributed by atoms with Crippen LogP contribution in [0.15, 0.2) is 23.0 Å². The van der Waals surface area contributed by atoms with Crippen molar-refractivity contribution in [3.63, 3.8) is 0 Å². The van der Waals surface area contributed by atoms with Crippen LogP contribution in [0.5, 0.6) is 0 Å². The number of thioether (sulfide) groups is 2. The number of aryl methyl sites for hydroxylation is 2. The zero-order valence-electron chi connectivity index (χ0n) is 10.1. The average molecular weight is 280 g/mol. The summed E-state index contributed by atoms with van der Waals surface area (Å²) in [6, 6.07) is 0. The maximum Gasteiger partial charge on any atom is 0.191 e. The van der Waals surface area contributed by atoms with Gasteiger partial charge in [-0.25, -0.2) is 0 Å². The highest BCUT2D eigenvalue weighted by molar-refractivity contribution is 7.99. The third-order valence-corrected chi connectivity index (χ3v) is 3.84. The largest absolute Gasteiger partial charge is 0.312 e. The van der Waals surface area contributed by atoms with Crippen molar-refractivity contribution in [3.05, 3.63) is 12.7 Å². The Bertz CT molecular complexity index is 516. The van der Waals surface area contributed by atoms with E-state index in [1.165, 1.54) is 0 Å². The summed E-state index contributed by atoms with van der Waals surface area (Å²) in [5.41, 5.74) is 0. The van der Waals surface area contributed by atoms with E-state index >= 15 is 0 Å². The molecule has 0 saturated carbocycles. The van der Waals surface area contributed by atoms with Gasteiger partial charge in [0.15, 0.2) is 10.3 Å². The van der Waals surface area contributed by atoms with Crippen molar-refractivity contribution in [3.8, 4) is 11.8 Å². The molecule has 8 heteroatoms. The van der Waals surface area contributed by atoms with Gasteiger partial charge in [-0.1, -0.05) is 35.4 Å². The lowest BCUT2D eigenvalue weighted by molar-refractivity contribution is 0.789. The average Bonchev–Trinajstić information content (AvgIpc) is 2.94. The molecule has 2 aromatic rings. The van der Waals surface area contributed by atoms with Gasteiger partial charge in [0.05, 0.1) is 11.5 Å². The van der Waals surface area contributed by atoms with E-state index in [0.29, 0.717) is 11.5 Å². The van der Waals surface area contributed by atoms with Crippen LogP contribution in [0.25, 0.3) is 0 Å². The van der Waals surface area contributed by atoms with Gasteiger partial charge in [0.2, 0.25) is 0 Å². The molecule has 0 atom stereocenters. The second kappa shape index (κ2) is 6.47. The summed E-state index contributed by atoms with van der Waals surface area (Å²) in [6.45, 7) is 0. The second-order valence-corrected chi connectivity index (χ2v) is 5.26. The fourth-order valence-corrected chi connectivity index (χ4v) is 2.43. The molecule has 0 fully saturated rings. The topological polar surface area (TPSA) is 61.4 Å². The van der Waals surface area contributed by atoms with Crippen LogP contribution in [0, 0.1) is 11.8 Å². The third kappa shape index (κ3) is 3.51. The van der Waals surface area contributed by atoms with Gasteiger partial charge in [0.1, 0.15) is 12.7 Å². The van der Waals surface area contributed by atoms with Crippen LogP contribution in [0.4, 0.5) is 0 Å². The number of hydrogen-bond donors (Lipinski definition) is 0. The Kier molecular flexibility index (Phi) is 4.66. The van der Waals surface area contributed by atoms with Gasteiger partial charge in [-0.05, 0) is 0 Å². The monoisotopic (exact) mass is 280 g/mol. The minimum Gasteiger partial charge on any atom is -0.312 e. The predicted molar refractivity (Wildman–Crippen MR) is 71.2 cm³/mol. The maximum absolute atomic E-state index is 3.97. The summed E-state index contributed by atoms with van der Waals surface area (Å²) < 4.78 is 3.75. The van der Waals surface area contributed by atoms with E-state index in [1.54, 1.807) is 36.2 Å². The summed E-state index contributed by atoms with van der Waals surface area (Å²) in [7, 11) is 3.83. The molecule has 0 unspecified atom stereocenters. The van der Waals surface area contributed by atoms with E-state index in [0.717, 1.165) is 10.3 Å².